The van der Waals surface area contributed by atoms with Crippen molar-refractivity contribution >= 4 is 0 Å². The number of nitrogens with two attached hydrogens (primary N) is 1. The molecular formula is C19H36N2. The van der Waals surface area contributed by atoms with Gasteiger partial charge in [0.2, 0.25) is 0 Å². The quantitative estimate of drug-likeness (QED) is 0.827. The lowest BCUT2D eigenvalue weighted by atomic mass is 9.65. The zero-order valence-corrected chi connectivity index (χ0v) is 14.4. The van der Waals surface area contributed by atoms with Gasteiger partial charge >= 0.3 is 0 Å². The van der Waals surface area contributed by atoms with E-state index in [0.29, 0.717) is 5.54 Å². The second-order valence-electron chi connectivity index (χ2n) is 8.83. The summed E-state index contributed by atoms with van der Waals surface area (Å²) in [7, 11) is 0. The summed E-state index contributed by atoms with van der Waals surface area (Å²) in [6.07, 6.45) is 14.4. The highest BCUT2D eigenvalue weighted by Gasteiger charge is 2.45. The van der Waals surface area contributed by atoms with Crippen molar-refractivity contribution < 1.29 is 0 Å². The average molecular weight is 293 g/mol. The monoisotopic (exact) mass is 292 g/mol. The Kier molecular flexibility index (Phi) is 4.66. The van der Waals surface area contributed by atoms with Gasteiger partial charge in [0.15, 0.2) is 0 Å². The summed E-state index contributed by atoms with van der Waals surface area (Å²) in [6, 6.07) is 0. The van der Waals surface area contributed by atoms with Gasteiger partial charge in [-0.3, -0.25) is 4.90 Å². The largest absolute Gasteiger partial charge is 0.329 e. The Morgan fingerprint density at radius 1 is 0.905 bits per heavy atom. The first-order chi connectivity index (χ1) is 10.1. The maximum Gasteiger partial charge on any atom is 0.0336 e. The van der Waals surface area contributed by atoms with E-state index >= 15 is 0 Å². The van der Waals surface area contributed by atoms with Crippen LogP contribution in [0.3, 0.4) is 0 Å². The molecule has 2 saturated carbocycles. The lowest BCUT2D eigenvalue weighted by molar-refractivity contribution is -0.0321. The van der Waals surface area contributed by atoms with Crippen LogP contribution in [0.25, 0.3) is 0 Å². The number of hydrogen-bond acceptors (Lipinski definition) is 2. The standard InChI is InChI=1S/C19H36N2/c1-16-12-17(2)14-19(13-16,15-20)21-10-8-18(9-11-21)6-4-3-5-7-18/h16-17H,3-15,20H2,1-2H3. The fourth-order valence-electron chi connectivity index (χ4n) is 6.05. The highest BCUT2D eigenvalue weighted by molar-refractivity contribution is 5.01. The number of likely N-dealkylation sites (tertiary alicyclic amines) is 1. The summed E-state index contributed by atoms with van der Waals surface area (Å²) < 4.78 is 0. The second kappa shape index (κ2) is 6.20. The van der Waals surface area contributed by atoms with E-state index in [1.807, 2.05) is 0 Å². The maximum absolute atomic E-state index is 6.32. The number of piperidine rings is 1. The van der Waals surface area contributed by atoms with Gasteiger partial charge in [0.1, 0.15) is 0 Å². The van der Waals surface area contributed by atoms with Gasteiger partial charge in [0, 0.05) is 12.1 Å². The molecule has 1 heterocycles. The van der Waals surface area contributed by atoms with Crippen molar-refractivity contribution in [2.45, 2.75) is 83.6 Å². The van der Waals surface area contributed by atoms with Crippen LogP contribution in [-0.2, 0) is 0 Å². The molecule has 0 bridgehead atoms. The lowest BCUT2D eigenvalue weighted by Crippen LogP contribution is -2.60. The Hall–Kier alpha value is -0.0800. The van der Waals surface area contributed by atoms with E-state index in [0.717, 1.165) is 23.8 Å². The van der Waals surface area contributed by atoms with E-state index in [9.17, 15) is 0 Å². The van der Waals surface area contributed by atoms with Crippen LogP contribution in [0.1, 0.15) is 78.1 Å². The first kappa shape index (κ1) is 15.8. The molecule has 1 saturated heterocycles. The van der Waals surface area contributed by atoms with Crippen molar-refractivity contribution in [3.63, 3.8) is 0 Å². The highest BCUT2D eigenvalue weighted by atomic mass is 15.2. The van der Waals surface area contributed by atoms with Gasteiger partial charge in [0.05, 0.1) is 0 Å². The van der Waals surface area contributed by atoms with Crippen molar-refractivity contribution in [1.82, 2.24) is 4.90 Å². The van der Waals surface area contributed by atoms with Crippen LogP contribution >= 0.6 is 0 Å². The molecule has 0 amide bonds. The van der Waals surface area contributed by atoms with Gasteiger partial charge in [-0.15, -0.1) is 0 Å². The molecule has 1 spiro atoms. The van der Waals surface area contributed by atoms with Crippen molar-refractivity contribution in [3.05, 3.63) is 0 Å². The molecule has 1 aliphatic heterocycles. The zero-order chi connectivity index (χ0) is 14.9. The van der Waals surface area contributed by atoms with Crippen LogP contribution in [0.15, 0.2) is 0 Å². The van der Waals surface area contributed by atoms with Crippen LogP contribution < -0.4 is 5.73 Å². The molecule has 2 atom stereocenters. The predicted octanol–water partition coefficient (Wildman–Crippen LogP) is 4.19. The van der Waals surface area contributed by atoms with Gasteiger partial charge < -0.3 is 5.73 Å². The minimum atomic E-state index is 0.327. The topological polar surface area (TPSA) is 29.3 Å². The van der Waals surface area contributed by atoms with E-state index in [1.165, 1.54) is 77.3 Å². The minimum Gasteiger partial charge on any atom is -0.329 e. The smallest absolute Gasteiger partial charge is 0.0336 e. The van der Waals surface area contributed by atoms with Crippen LogP contribution in [-0.4, -0.2) is 30.1 Å². The predicted molar refractivity (Wildman–Crippen MR) is 90.3 cm³/mol. The van der Waals surface area contributed by atoms with E-state index in [2.05, 4.69) is 18.7 Å². The lowest BCUT2D eigenvalue weighted by Gasteiger charge is -2.54. The summed E-state index contributed by atoms with van der Waals surface area (Å²) in [4.78, 5) is 2.82. The molecule has 3 rings (SSSR count). The van der Waals surface area contributed by atoms with Crippen molar-refractivity contribution in [1.29, 1.82) is 0 Å². The summed E-state index contributed by atoms with van der Waals surface area (Å²) in [5.41, 5.74) is 7.37. The first-order valence-electron chi connectivity index (χ1n) is 9.53. The highest BCUT2D eigenvalue weighted by Crippen LogP contribution is 2.47. The van der Waals surface area contributed by atoms with E-state index < -0.39 is 0 Å². The third kappa shape index (κ3) is 3.17. The molecule has 0 radical (unpaired) electrons. The van der Waals surface area contributed by atoms with Crippen molar-refractivity contribution in [3.8, 4) is 0 Å². The van der Waals surface area contributed by atoms with Crippen LogP contribution in [0.4, 0.5) is 0 Å². The summed E-state index contributed by atoms with van der Waals surface area (Å²) in [6.45, 7) is 8.38. The van der Waals surface area contributed by atoms with Crippen LogP contribution in [0.5, 0.6) is 0 Å². The Morgan fingerprint density at radius 3 is 2.00 bits per heavy atom. The Morgan fingerprint density at radius 2 is 1.48 bits per heavy atom. The van der Waals surface area contributed by atoms with E-state index in [1.54, 1.807) is 0 Å². The molecule has 2 aliphatic carbocycles. The molecule has 2 nitrogen and oxygen atoms in total. The number of rotatable bonds is 2. The Labute approximate surface area is 131 Å². The van der Waals surface area contributed by atoms with Gasteiger partial charge in [0.25, 0.3) is 0 Å². The molecule has 0 aromatic carbocycles. The maximum atomic E-state index is 6.32. The molecular weight excluding hydrogens is 256 g/mol. The number of hydrogen-bond donors (Lipinski definition) is 1. The fraction of sp³-hybridized carbons (Fsp3) is 1.00. The first-order valence-corrected chi connectivity index (χ1v) is 9.53. The summed E-state index contributed by atoms with van der Waals surface area (Å²) in [5, 5.41) is 0. The second-order valence-corrected chi connectivity index (χ2v) is 8.83. The third-order valence-corrected chi connectivity index (χ3v) is 7.05. The molecule has 21 heavy (non-hydrogen) atoms. The molecule has 2 N–H and O–H groups in total. The van der Waals surface area contributed by atoms with Gasteiger partial charge in [-0.2, -0.15) is 0 Å². The Bertz CT molecular complexity index is 325. The van der Waals surface area contributed by atoms with Crippen LogP contribution in [0.2, 0.25) is 0 Å². The molecule has 3 aliphatic rings. The Balaban J connectivity index is 1.66. The molecule has 2 heteroatoms. The average Bonchev–Trinajstić information content (AvgIpc) is 2.47. The fourth-order valence-corrected chi connectivity index (χ4v) is 6.05. The zero-order valence-electron chi connectivity index (χ0n) is 14.4. The normalized spacial score (nSPS) is 41.3. The van der Waals surface area contributed by atoms with Crippen molar-refractivity contribution in [2.75, 3.05) is 19.6 Å². The van der Waals surface area contributed by atoms with E-state index in [-0.39, 0.29) is 0 Å². The summed E-state index contributed by atoms with van der Waals surface area (Å²) >= 11 is 0. The molecule has 3 fully saturated rings. The molecule has 0 aromatic heterocycles. The van der Waals surface area contributed by atoms with E-state index in [4.69, 9.17) is 5.73 Å². The molecule has 2 unspecified atom stereocenters. The minimum absolute atomic E-state index is 0.327. The molecule has 122 valence electrons. The van der Waals surface area contributed by atoms with Gasteiger partial charge in [-0.25, -0.2) is 0 Å². The van der Waals surface area contributed by atoms with Crippen LogP contribution in [0, 0.1) is 17.3 Å². The SMILES string of the molecule is CC1CC(C)CC(CN)(N2CCC3(CCCCC3)CC2)C1. The van der Waals surface area contributed by atoms with Crippen molar-refractivity contribution in [2.24, 2.45) is 23.0 Å². The third-order valence-electron chi connectivity index (χ3n) is 7.05. The summed E-state index contributed by atoms with van der Waals surface area (Å²) in [5.74, 6) is 1.70. The number of nitrogens with zero attached hydrogens (tertiary/aromatic N) is 1. The van der Waals surface area contributed by atoms with Gasteiger partial charge in [-0.05, 0) is 75.3 Å². The van der Waals surface area contributed by atoms with Gasteiger partial charge in [-0.1, -0.05) is 33.1 Å². The molecule has 0 aromatic rings.